The molecule has 0 aliphatic carbocycles. The second-order valence-electron chi connectivity index (χ2n) is 4.56. The smallest absolute Gasteiger partial charge is 0.407 e. The maximum Gasteiger partial charge on any atom is 0.407 e. The Hall–Kier alpha value is -1.59. The minimum Gasteiger partial charge on any atom is -0.465 e. The van der Waals surface area contributed by atoms with Gasteiger partial charge in [-0.2, -0.15) is 0 Å². The first-order valence-corrected chi connectivity index (χ1v) is 6.10. The number of piperidine rings is 1. The zero-order chi connectivity index (χ0) is 13.0. The topological polar surface area (TPSA) is 72.8 Å². The van der Waals surface area contributed by atoms with Crippen LogP contribution in [-0.2, 0) is 6.54 Å². The van der Waals surface area contributed by atoms with Gasteiger partial charge in [-0.25, -0.2) is 4.79 Å². The number of β-amino-alcohol motifs (C(OH)–C–C–N with tert-alkyl or cyclic N) is 1. The van der Waals surface area contributed by atoms with Crippen LogP contribution in [0.25, 0.3) is 0 Å². The van der Waals surface area contributed by atoms with Crippen molar-refractivity contribution in [3.63, 3.8) is 0 Å². The quantitative estimate of drug-likeness (QED) is 0.745. The van der Waals surface area contributed by atoms with Crippen molar-refractivity contribution in [1.29, 1.82) is 0 Å². The molecule has 1 aliphatic heterocycles. The lowest BCUT2D eigenvalue weighted by molar-refractivity contribution is 0.0407. The van der Waals surface area contributed by atoms with Crippen molar-refractivity contribution in [2.24, 2.45) is 0 Å². The number of hydrogen-bond acceptors (Lipinski definition) is 3. The SMILES string of the molecule is O=C(O)N1CC[C@@H](NCc2ccccc2)[C@H](O)C1. The van der Waals surface area contributed by atoms with E-state index in [1.807, 2.05) is 30.3 Å². The Kier molecular flexibility index (Phi) is 4.17. The summed E-state index contributed by atoms with van der Waals surface area (Å²) in [5.41, 5.74) is 1.16. The molecule has 0 bridgehead atoms. The Balaban J connectivity index is 1.83. The molecule has 18 heavy (non-hydrogen) atoms. The van der Waals surface area contributed by atoms with Gasteiger partial charge in [-0.15, -0.1) is 0 Å². The van der Waals surface area contributed by atoms with Crippen LogP contribution in [0.4, 0.5) is 4.79 Å². The molecular formula is C13H18N2O3. The summed E-state index contributed by atoms with van der Waals surface area (Å²) in [6, 6.07) is 9.91. The van der Waals surface area contributed by atoms with Crippen molar-refractivity contribution in [1.82, 2.24) is 10.2 Å². The Bertz CT molecular complexity index is 396. The molecule has 5 nitrogen and oxygen atoms in total. The Labute approximate surface area is 106 Å². The number of nitrogens with zero attached hydrogens (tertiary/aromatic N) is 1. The minimum absolute atomic E-state index is 0.0409. The van der Waals surface area contributed by atoms with E-state index >= 15 is 0 Å². The molecule has 3 N–H and O–H groups in total. The standard InChI is InChI=1S/C13H18N2O3/c16-12-9-15(13(17)18)7-6-11(12)14-8-10-4-2-1-3-5-10/h1-5,11-12,14,16H,6-9H2,(H,17,18)/t11-,12-/m1/s1. The van der Waals surface area contributed by atoms with Gasteiger partial charge in [0.15, 0.2) is 0 Å². The monoisotopic (exact) mass is 250 g/mol. The van der Waals surface area contributed by atoms with E-state index in [0.29, 0.717) is 19.5 Å². The predicted molar refractivity (Wildman–Crippen MR) is 67.3 cm³/mol. The Morgan fingerprint density at radius 3 is 2.72 bits per heavy atom. The summed E-state index contributed by atoms with van der Waals surface area (Å²) in [5, 5.41) is 22.0. The third-order valence-electron chi connectivity index (χ3n) is 3.26. The first-order chi connectivity index (χ1) is 8.66. The van der Waals surface area contributed by atoms with Gasteiger partial charge in [0.25, 0.3) is 0 Å². The van der Waals surface area contributed by atoms with Gasteiger partial charge in [-0.1, -0.05) is 30.3 Å². The molecule has 1 aliphatic rings. The Morgan fingerprint density at radius 1 is 1.39 bits per heavy atom. The van der Waals surface area contributed by atoms with Crippen LogP contribution in [0.2, 0.25) is 0 Å². The minimum atomic E-state index is -0.962. The lowest BCUT2D eigenvalue weighted by Crippen LogP contribution is -2.53. The molecule has 0 unspecified atom stereocenters. The molecule has 2 atom stereocenters. The zero-order valence-electron chi connectivity index (χ0n) is 10.1. The number of benzene rings is 1. The first-order valence-electron chi connectivity index (χ1n) is 6.10. The van der Waals surface area contributed by atoms with Gasteiger partial charge in [0.1, 0.15) is 0 Å². The molecule has 0 radical (unpaired) electrons. The van der Waals surface area contributed by atoms with Crippen LogP contribution in [0, 0.1) is 0 Å². The molecule has 1 aromatic carbocycles. The fourth-order valence-corrected chi connectivity index (χ4v) is 2.19. The predicted octanol–water partition coefficient (Wildman–Crippen LogP) is 0.889. The van der Waals surface area contributed by atoms with Crippen LogP contribution in [0.15, 0.2) is 30.3 Å². The van der Waals surface area contributed by atoms with Crippen LogP contribution >= 0.6 is 0 Å². The molecule has 5 heteroatoms. The van der Waals surface area contributed by atoms with Crippen molar-refractivity contribution < 1.29 is 15.0 Å². The van der Waals surface area contributed by atoms with Crippen molar-refractivity contribution in [3.05, 3.63) is 35.9 Å². The molecule has 1 amide bonds. The summed E-state index contributed by atoms with van der Waals surface area (Å²) in [6.07, 6.45) is -0.963. The Morgan fingerprint density at radius 2 is 2.11 bits per heavy atom. The molecule has 0 saturated carbocycles. The largest absolute Gasteiger partial charge is 0.465 e. The summed E-state index contributed by atoms with van der Waals surface area (Å²) >= 11 is 0. The highest BCUT2D eigenvalue weighted by molar-refractivity contribution is 5.65. The van der Waals surface area contributed by atoms with E-state index in [-0.39, 0.29) is 12.6 Å². The van der Waals surface area contributed by atoms with Crippen LogP contribution in [0.1, 0.15) is 12.0 Å². The van der Waals surface area contributed by atoms with Crippen LogP contribution in [0.3, 0.4) is 0 Å². The van der Waals surface area contributed by atoms with Gasteiger partial charge in [0, 0.05) is 19.1 Å². The number of carboxylic acid groups (broad SMARTS) is 1. The highest BCUT2D eigenvalue weighted by Gasteiger charge is 2.29. The van der Waals surface area contributed by atoms with Gasteiger partial charge in [-0.3, -0.25) is 0 Å². The van der Waals surface area contributed by atoms with E-state index in [9.17, 15) is 9.90 Å². The number of rotatable bonds is 3. The maximum atomic E-state index is 10.8. The average Bonchev–Trinajstić information content (AvgIpc) is 2.38. The van der Waals surface area contributed by atoms with Gasteiger partial charge < -0.3 is 20.4 Å². The molecule has 1 saturated heterocycles. The molecule has 1 aromatic rings. The number of likely N-dealkylation sites (tertiary alicyclic amines) is 1. The van der Waals surface area contributed by atoms with E-state index < -0.39 is 12.2 Å². The van der Waals surface area contributed by atoms with Gasteiger partial charge in [-0.05, 0) is 12.0 Å². The fraction of sp³-hybridized carbons (Fsp3) is 0.462. The van der Waals surface area contributed by atoms with E-state index in [4.69, 9.17) is 5.11 Å². The van der Waals surface area contributed by atoms with Gasteiger partial charge >= 0.3 is 6.09 Å². The molecule has 2 rings (SSSR count). The highest BCUT2D eigenvalue weighted by Crippen LogP contribution is 2.12. The van der Waals surface area contributed by atoms with Crippen molar-refractivity contribution >= 4 is 6.09 Å². The summed E-state index contributed by atoms with van der Waals surface area (Å²) in [5.74, 6) is 0. The molecule has 0 aromatic heterocycles. The lowest BCUT2D eigenvalue weighted by Gasteiger charge is -2.34. The second-order valence-corrected chi connectivity index (χ2v) is 4.56. The molecule has 98 valence electrons. The van der Waals surface area contributed by atoms with E-state index in [1.165, 1.54) is 4.90 Å². The number of carbonyl (C=O) groups is 1. The molecular weight excluding hydrogens is 232 g/mol. The molecule has 1 fully saturated rings. The summed E-state index contributed by atoms with van der Waals surface area (Å²) in [4.78, 5) is 12.0. The van der Waals surface area contributed by atoms with Crippen molar-refractivity contribution in [3.8, 4) is 0 Å². The van der Waals surface area contributed by atoms with E-state index in [1.54, 1.807) is 0 Å². The number of amides is 1. The van der Waals surface area contributed by atoms with Crippen LogP contribution < -0.4 is 5.32 Å². The highest BCUT2D eigenvalue weighted by atomic mass is 16.4. The molecule has 1 heterocycles. The number of nitrogens with one attached hydrogen (secondary N) is 1. The average molecular weight is 250 g/mol. The van der Waals surface area contributed by atoms with Crippen LogP contribution in [-0.4, -0.2) is 46.4 Å². The van der Waals surface area contributed by atoms with Gasteiger partial charge in [0.2, 0.25) is 0 Å². The molecule has 0 spiro atoms. The van der Waals surface area contributed by atoms with Gasteiger partial charge in [0.05, 0.1) is 12.6 Å². The number of hydrogen-bond donors (Lipinski definition) is 3. The maximum absolute atomic E-state index is 10.8. The second kappa shape index (κ2) is 5.84. The summed E-state index contributed by atoms with van der Waals surface area (Å²) in [7, 11) is 0. The van der Waals surface area contributed by atoms with E-state index in [2.05, 4.69) is 5.32 Å². The lowest BCUT2D eigenvalue weighted by atomic mass is 10.0. The van der Waals surface area contributed by atoms with Crippen LogP contribution in [0.5, 0.6) is 0 Å². The van der Waals surface area contributed by atoms with Crippen molar-refractivity contribution in [2.45, 2.75) is 25.1 Å². The van der Waals surface area contributed by atoms with Crippen molar-refractivity contribution in [2.75, 3.05) is 13.1 Å². The summed E-state index contributed by atoms with van der Waals surface area (Å²) in [6.45, 7) is 1.34. The summed E-state index contributed by atoms with van der Waals surface area (Å²) < 4.78 is 0. The first kappa shape index (κ1) is 12.9. The number of aliphatic hydroxyl groups is 1. The zero-order valence-corrected chi connectivity index (χ0v) is 10.1. The third kappa shape index (κ3) is 3.21. The fourth-order valence-electron chi connectivity index (χ4n) is 2.19. The normalized spacial score (nSPS) is 23.9. The third-order valence-corrected chi connectivity index (χ3v) is 3.26. The number of aliphatic hydroxyl groups excluding tert-OH is 1. The van der Waals surface area contributed by atoms with E-state index in [0.717, 1.165) is 5.56 Å².